The number of rotatable bonds is 5. The van der Waals surface area contributed by atoms with Gasteiger partial charge in [0.1, 0.15) is 5.01 Å². The molecule has 1 aliphatic rings. The Morgan fingerprint density at radius 1 is 1.29 bits per heavy atom. The normalized spacial score (nSPS) is 19.6. The summed E-state index contributed by atoms with van der Waals surface area (Å²) < 4.78 is 1.25. The molecule has 28 heavy (non-hydrogen) atoms. The number of carbonyl (C=O) groups excluding carboxylic acids is 1. The molecule has 1 unspecified atom stereocenters. The van der Waals surface area contributed by atoms with Crippen molar-refractivity contribution in [2.24, 2.45) is 0 Å². The molecule has 2 heterocycles. The minimum absolute atomic E-state index is 0.180. The molecule has 1 aliphatic heterocycles. The lowest BCUT2D eigenvalue weighted by Crippen LogP contribution is -3.14. The summed E-state index contributed by atoms with van der Waals surface area (Å²) in [7, 11) is 1.87. The molecule has 0 aliphatic carbocycles. The molecule has 1 N–H and O–H groups in total. The fraction of sp³-hybridized carbons (Fsp3) is 0.364. The van der Waals surface area contributed by atoms with Gasteiger partial charge in [0.05, 0.1) is 29.2 Å². The first-order chi connectivity index (χ1) is 13.6. The van der Waals surface area contributed by atoms with Crippen LogP contribution in [-0.2, 0) is 11.3 Å². The van der Waals surface area contributed by atoms with E-state index in [0.717, 1.165) is 37.0 Å². The molecule has 0 spiro atoms. The molecule has 6 heteroatoms. The van der Waals surface area contributed by atoms with Gasteiger partial charge in [-0.05, 0) is 42.7 Å². The first-order valence-electron chi connectivity index (χ1n) is 9.76. The molecule has 0 radical (unpaired) electrons. The highest BCUT2D eigenvalue weighted by molar-refractivity contribution is 7.18. The smallest absolute Gasteiger partial charge is 0.277 e. The van der Waals surface area contributed by atoms with Gasteiger partial charge in [-0.15, -0.1) is 11.3 Å². The molecule has 1 amide bonds. The lowest BCUT2D eigenvalue weighted by atomic mass is 9.98. The maximum Gasteiger partial charge on any atom is 0.277 e. The van der Waals surface area contributed by atoms with Crippen molar-refractivity contribution in [3.63, 3.8) is 0 Å². The number of hydrogen-bond acceptors (Lipinski definition) is 3. The van der Waals surface area contributed by atoms with Crippen LogP contribution in [0.2, 0.25) is 5.02 Å². The summed E-state index contributed by atoms with van der Waals surface area (Å²) in [5.74, 6) is 0.632. The molecule has 2 atom stereocenters. The molecular formula is C22H25ClN3OS+. The maximum atomic E-state index is 12.7. The topological polar surface area (TPSA) is 37.6 Å². The first-order valence-corrected chi connectivity index (χ1v) is 11.0. The number of likely N-dealkylation sites (N-methyl/N-ethyl adjacent to an activating group) is 1. The van der Waals surface area contributed by atoms with E-state index in [1.54, 1.807) is 16.2 Å². The largest absolute Gasteiger partial charge is 0.337 e. The number of thiazole rings is 1. The highest BCUT2D eigenvalue weighted by Crippen LogP contribution is 2.30. The zero-order chi connectivity index (χ0) is 19.5. The Bertz CT molecular complexity index is 940. The first kappa shape index (κ1) is 19.4. The number of fused-ring (bicyclic) bond motifs is 1. The van der Waals surface area contributed by atoms with Crippen molar-refractivity contribution in [1.29, 1.82) is 0 Å². The van der Waals surface area contributed by atoms with Gasteiger partial charge < -0.3 is 9.80 Å². The number of amides is 1. The SMILES string of the molecule is CN(Cc1cccc(Cl)c1)C(=O)C[NH+]1CCC[C@@H](c2nc3ccccc3s2)C1. The van der Waals surface area contributed by atoms with E-state index in [-0.39, 0.29) is 5.91 Å². The number of halogens is 1. The van der Waals surface area contributed by atoms with Crippen molar-refractivity contribution >= 4 is 39.1 Å². The second-order valence-electron chi connectivity index (χ2n) is 7.62. The molecule has 0 bridgehead atoms. The fourth-order valence-electron chi connectivity index (χ4n) is 3.93. The number of hydrogen-bond donors (Lipinski definition) is 1. The van der Waals surface area contributed by atoms with Crippen molar-refractivity contribution in [3.05, 3.63) is 64.1 Å². The summed E-state index contributed by atoms with van der Waals surface area (Å²) in [4.78, 5) is 20.8. The fourth-order valence-corrected chi connectivity index (χ4v) is 5.25. The summed E-state index contributed by atoms with van der Waals surface area (Å²) in [5, 5.41) is 1.93. The molecule has 1 aromatic heterocycles. The van der Waals surface area contributed by atoms with Gasteiger partial charge in [-0.3, -0.25) is 4.79 Å². The number of carbonyl (C=O) groups is 1. The van der Waals surface area contributed by atoms with Crippen molar-refractivity contribution in [2.45, 2.75) is 25.3 Å². The van der Waals surface area contributed by atoms with Gasteiger partial charge in [0.25, 0.3) is 5.91 Å². The number of nitrogens with zero attached hydrogens (tertiary/aromatic N) is 2. The van der Waals surface area contributed by atoms with Crippen LogP contribution in [0.3, 0.4) is 0 Å². The summed E-state index contributed by atoms with van der Waals surface area (Å²) in [5.41, 5.74) is 2.15. The van der Waals surface area contributed by atoms with Crippen LogP contribution in [0.1, 0.15) is 29.3 Å². The average Bonchev–Trinajstić information content (AvgIpc) is 3.12. The predicted octanol–water partition coefficient (Wildman–Crippen LogP) is 3.37. The van der Waals surface area contributed by atoms with E-state index in [2.05, 4.69) is 18.2 Å². The van der Waals surface area contributed by atoms with E-state index in [9.17, 15) is 4.79 Å². The van der Waals surface area contributed by atoms with Gasteiger partial charge in [0, 0.05) is 18.6 Å². The van der Waals surface area contributed by atoms with Gasteiger partial charge in [-0.2, -0.15) is 0 Å². The summed E-state index contributed by atoms with van der Waals surface area (Å²) in [6, 6.07) is 16.0. The van der Waals surface area contributed by atoms with Crippen LogP contribution >= 0.6 is 22.9 Å². The maximum absolute atomic E-state index is 12.7. The number of quaternary nitrogens is 1. The standard InChI is InChI=1S/C22H24ClN3OS/c1-25(13-16-6-4-8-18(23)12-16)21(27)15-26-11-5-7-17(14-26)22-24-19-9-2-3-10-20(19)28-22/h2-4,6,8-10,12,17H,5,7,11,13-15H2,1H3/p+1/t17-/m1/s1. The number of aromatic nitrogens is 1. The number of para-hydroxylation sites is 1. The Morgan fingerprint density at radius 2 is 2.14 bits per heavy atom. The average molecular weight is 415 g/mol. The summed E-state index contributed by atoms with van der Waals surface area (Å²) >= 11 is 7.86. The van der Waals surface area contributed by atoms with E-state index in [4.69, 9.17) is 16.6 Å². The third-order valence-electron chi connectivity index (χ3n) is 5.41. The number of likely N-dealkylation sites (tertiary alicyclic amines) is 1. The highest BCUT2D eigenvalue weighted by Gasteiger charge is 2.29. The van der Waals surface area contributed by atoms with Crippen LogP contribution < -0.4 is 4.90 Å². The van der Waals surface area contributed by atoms with Crippen LogP contribution in [0.4, 0.5) is 0 Å². The lowest BCUT2D eigenvalue weighted by molar-refractivity contribution is -0.898. The Kier molecular flexibility index (Phi) is 5.95. The van der Waals surface area contributed by atoms with Gasteiger partial charge >= 0.3 is 0 Å². The summed E-state index contributed by atoms with van der Waals surface area (Å²) in [6.45, 7) is 3.17. The van der Waals surface area contributed by atoms with E-state index < -0.39 is 0 Å². The monoisotopic (exact) mass is 414 g/mol. The predicted molar refractivity (Wildman–Crippen MR) is 115 cm³/mol. The zero-order valence-corrected chi connectivity index (χ0v) is 17.6. The number of piperidine rings is 1. The van der Waals surface area contributed by atoms with Gasteiger partial charge in [0.2, 0.25) is 0 Å². The second kappa shape index (κ2) is 8.60. The Hall–Kier alpha value is -1.95. The Labute approximate surface area is 174 Å². The Morgan fingerprint density at radius 3 is 2.96 bits per heavy atom. The quantitative estimate of drug-likeness (QED) is 0.695. The molecule has 146 valence electrons. The number of benzene rings is 2. The minimum atomic E-state index is 0.180. The second-order valence-corrected chi connectivity index (χ2v) is 9.12. The van der Waals surface area contributed by atoms with Crippen LogP contribution in [0.15, 0.2) is 48.5 Å². The van der Waals surface area contributed by atoms with E-state index in [1.165, 1.54) is 14.6 Å². The van der Waals surface area contributed by atoms with E-state index in [0.29, 0.717) is 24.0 Å². The van der Waals surface area contributed by atoms with Gasteiger partial charge in [-0.25, -0.2) is 4.98 Å². The summed E-state index contributed by atoms with van der Waals surface area (Å²) in [6.07, 6.45) is 2.30. The molecule has 1 saturated heterocycles. The van der Waals surface area contributed by atoms with Crippen molar-refractivity contribution in [3.8, 4) is 0 Å². The molecular weight excluding hydrogens is 390 g/mol. The minimum Gasteiger partial charge on any atom is -0.337 e. The zero-order valence-electron chi connectivity index (χ0n) is 16.0. The van der Waals surface area contributed by atoms with Crippen LogP contribution in [0.25, 0.3) is 10.2 Å². The molecule has 4 rings (SSSR count). The van der Waals surface area contributed by atoms with Crippen LogP contribution in [0.5, 0.6) is 0 Å². The third-order valence-corrected chi connectivity index (χ3v) is 6.85. The molecule has 2 aromatic carbocycles. The van der Waals surface area contributed by atoms with Gasteiger partial charge in [-0.1, -0.05) is 35.9 Å². The number of nitrogens with one attached hydrogen (secondary N) is 1. The lowest BCUT2D eigenvalue weighted by Gasteiger charge is -2.29. The van der Waals surface area contributed by atoms with E-state index >= 15 is 0 Å². The molecule has 0 saturated carbocycles. The van der Waals surface area contributed by atoms with Crippen LogP contribution in [-0.4, -0.2) is 42.5 Å². The highest BCUT2D eigenvalue weighted by atomic mass is 35.5. The van der Waals surface area contributed by atoms with Crippen LogP contribution in [0, 0.1) is 0 Å². The van der Waals surface area contributed by atoms with Gasteiger partial charge in [0.15, 0.2) is 6.54 Å². The molecule has 4 nitrogen and oxygen atoms in total. The third kappa shape index (κ3) is 4.54. The van der Waals surface area contributed by atoms with E-state index in [1.807, 2.05) is 37.4 Å². The van der Waals surface area contributed by atoms with Crippen molar-refractivity contribution in [2.75, 3.05) is 26.7 Å². The Balaban J connectivity index is 1.37. The molecule has 3 aromatic rings. The van der Waals surface area contributed by atoms with Crippen molar-refractivity contribution < 1.29 is 9.69 Å². The van der Waals surface area contributed by atoms with Crippen molar-refractivity contribution in [1.82, 2.24) is 9.88 Å². The molecule has 1 fully saturated rings.